The average Bonchev–Trinajstić information content (AvgIpc) is 2.34. The maximum Gasteiger partial charge on any atom is 0.220 e. The molecule has 3 nitrogen and oxygen atoms in total. The monoisotopic (exact) mass is 235 g/mol. The molecule has 0 aliphatic carbocycles. The maximum absolute atomic E-state index is 11.4. The molecule has 1 rings (SSSR count). The molecule has 0 aromatic heterocycles. The normalized spacial score (nSPS) is 12.1. The van der Waals surface area contributed by atoms with Crippen LogP contribution in [0.15, 0.2) is 24.3 Å². The van der Waals surface area contributed by atoms with E-state index in [2.05, 4.69) is 6.92 Å². The van der Waals surface area contributed by atoms with Gasteiger partial charge in [-0.15, -0.1) is 0 Å². The number of methoxy groups -OCH3 is 1. The molecule has 0 saturated carbocycles. The maximum atomic E-state index is 11.4. The molecular formula is C14H21NO2. The van der Waals surface area contributed by atoms with Crippen molar-refractivity contribution in [2.45, 2.75) is 32.6 Å². The smallest absolute Gasteiger partial charge is 0.220 e. The Labute approximate surface area is 103 Å². The number of hydrogen-bond donors (Lipinski definition) is 1. The van der Waals surface area contributed by atoms with Crippen LogP contribution in [0.25, 0.3) is 0 Å². The van der Waals surface area contributed by atoms with Crippen molar-refractivity contribution >= 4 is 5.91 Å². The zero-order chi connectivity index (χ0) is 12.7. The van der Waals surface area contributed by atoms with E-state index in [0.29, 0.717) is 6.42 Å². The van der Waals surface area contributed by atoms with Crippen LogP contribution >= 0.6 is 0 Å². The third-order valence-corrected chi connectivity index (χ3v) is 2.92. The van der Waals surface area contributed by atoms with Crippen LogP contribution in [-0.4, -0.2) is 13.0 Å². The lowest BCUT2D eigenvalue weighted by Gasteiger charge is -2.13. The summed E-state index contributed by atoms with van der Waals surface area (Å²) in [4.78, 5) is 11.4. The summed E-state index contributed by atoms with van der Waals surface area (Å²) in [5.74, 6) is 0.546. The van der Waals surface area contributed by atoms with Crippen molar-refractivity contribution in [1.29, 1.82) is 0 Å². The molecule has 0 saturated heterocycles. The number of nitrogens with two attached hydrogens (primary N) is 1. The summed E-state index contributed by atoms with van der Waals surface area (Å²) >= 11 is 0. The Bertz CT molecular complexity index is 363. The third-order valence-electron chi connectivity index (χ3n) is 2.92. The molecule has 1 aromatic rings. The lowest BCUT2D eigenvalue weighted by Crippen LogP contribution is -2.25. The van der Waals surface area contributed by atoms with Gasteiger partial charge in [0.25, 0.3) is 0 Å². The van der Waals surface area contributed by atoms with Gasteiger partial charge < -0.3 is 10.5 Å². The van der Waals surface area contributed by atoms with Crippen molar-refractivity contribution in [3.05, 3.63) is 29.8 Å². The van der Waals surface area contributed by atoms with Crippen molar-refractivity contribution in [3.8, 4) is 5.75 Å². The first kappa shape index (κ1) is 13.6. The molecule has 0 aliphatic heterocycles. The second-order valence-corrected chi connectivity index (χ2v) is 4.30. The van der Waals surface area contributed by atoms with Crippen LogP contribution in [-0.2, 0) is 11.2 Å². The molecular weight excluding hydrogens is 214 g/mol. The van der Waals surface area contributed by atoms with Gasteiger partial charge in [0.2, 0.25) is 5.91 Å². The number of benzene rings is 1. The second kappa shape index (κ2) is 6.94. The Morgan fingerprint density at radius 3 is 2.82 bits per heavy atom. The van der Waals surface area contributed by atoms with Gasteiger partial charge in [-0.3, -0.25) is 4.79 Å². The summed E-state index contributed by atoms with van der Waals surface area (Å²) in [5.41, 5.74) is 6.53. The van der Waals surface area contributed by atoms with Gasteiger partial charge in [0.15, 0.2) is 0 Å². The molecule has 0 spiro atoms. The van der Waals surface area contributed by atoms with Crippen molar-refractivity contribution in [3.63, 3.8) is 0 Å². The summed E-state index contributed by atoms with van der Waals surface area (Å²) in [7, 11) is 1.64. The van der Waals surface area contributed by atoms with Crippen LogP contribution in [0.4, 0.5) is 0 Å². The zero-order valence-electron chi connectivity index (χ0n) is 10.6. The van der Waals surface area contributed by atoms with Gasteiger partial charge in [0.1, 0.15) is 5.75 Å². The summed E-state index contributed by atoms with van der Waals surface area (Å²) in [6.07, 6.45) is 3.69. The Morgan fingerprint density at radius 1 is 1.47 bits per heavy atom. The van der Waals surface area contributed by atoms with E-state index in [9.17, 15) is 4.79 Å². The Kier molecular flexibility index (Phi) is 5.53. The first-order valence-electron chi connectivity index (χ1n) is 6.09. The second-order valence-electron chi connectivity index (χ2n) is 4.30. The van der Waals surface area contributed by atoms with Crippen LogP contribution in [0.2, 0.25) is 0 Å². The molecule has 17 heavy (non-hydrogen) atoms. The van der Waals surface area contributed by atoms with Gasteiger partial charge in [-0.05, 0) is 30.5 Å². The fourth-order valence-corrected chi connectivity index (χ4v) is 1.88. The van der Waals surface area contributed by atoms with E-state index < -0.39 is 0 Å². The standard InChI is InChI=1S/C14H21NO2/c1-3-4-7-12(14(15)16)9-11-6-5-8-13(10-11)17-2/h5-6,8,10,12H,3-4,7,9H2,1-2H3,(H2,15,16). The summed E-state index contributed by atoms with van der Waals surface area (Å²) < 4.78 is 5.16. The van der Waals surface area contributed by atoms with Crippen LogP contribution in [0.3, 0.4) is 0 Å². The molecule has 94 valence electrons. The van der Waals surface area contributed by atoms with E-state index in [-0.39, 0.29) is 11.8 Å². The molecule has 1 amide bonds. The Balaban J connectivity index is 2.67. The molecule has 2 N–H and O–H groups in total. The van der Waals surface area contributed by atoms with Gasteiger partial charge in [0, 0.05) is 5.92 Å². The highest BCUT2D eigenvalue weighted by Gasteiger charge is 2.15. The predicted octanol–water partition coefficient (Wildman–Crippen LogP) is 2.53. The molecule has 0 fully saturated rings. The molecule has 0 aliphatic rings. The van der Waals surface area contributed by atoms with E-state index in [4.69, 9.17) is 10.5 Å². The lowest BCUT2D eigenvalue weighted by atomic mass is 9.93. The molecule has 0 bridgehead atoms. The SMILES string of the molecule is CCCCC(Cc1cccc(OC)c1)C(N)=O. The Hall–Kier alpha value is -1.51. The van der Waals surface area contributed by atoms with Crippen LogP contribution < -0.4 is 10.5 Å². The van der Waals surface area contributed by atoms with Gasteiger partial charge in [-0.2, -0.15) is 0 Å². The van der Waals surface area contributed by atoms with E-state index in [1.807, 2.05) is 24.3 Å². The number of hydrogen-bond acceptors (Lipinski definition) is 2. The quantitative estimate of drug-likeness (QED) is 0.789. The number of amides is 1. The largest absolute Gasteiger partial charge is 0.497 e. The first-order chi connectivity index (χ1) is 8.17. The molecule has 3 heteroatoms. The molecule has 1 atom stereocenters. The van der Waals surface area contributed by atoms with E-state index in [0.717, 1.165) is 30.6 Å². The minimum atomic E-state index is -0.207. The summed E-state index contributed by atoms with van der Waals surface area (Å²) in [5, 5.41) is 0. The van der Waals surface area contributed by atoms with Crippen LogP contribution in [0.1, 0.15) is 31.7 Å². The first-order valence-corrected chi connectivity index (χ1v) is 6.09. The highest BCUT2D eigenvalue weighted by Crippen LogP contribution is 2.19. The Morgan fingerprint density at radius 2 is 2.24 bits per heavy atom. The average molecular weight is 235 g/mol. The number of rotatable bonds is 7. The zero-order valence-corrected chi connectivity index (χ0v) is 10.6. The van der Waals surface area contributed by atoms with E-state index in [1.165, 1.54) is 0 Å². The minimum Gasteiger partial charge on any atom is -0.497 e. The summed E-state index contributed by atoms with van der Waals surface area (Å²) in [6, 6.07) is 7.80. The van der Waals surface area contributed by atoms with E-state index in [1.54, 1.807) is 7.11 Å². The molecule has 1 unspecified atom stereocenters. The lowest BCUT2D eigenvalue weighted by molar-refractivity contribution is -0.122. The number of unbranched alkanes of at least 4 members (excludes halogenated alkanes) is 1. The van der Waals surface area contributed by atoms with Crippen molar-refractivity contribution in [2.24, 2.45) is 11.7 Å². The van der Waals surface area contributed by atoms with Crippen molar-refractivity contribution in [1.82, 2.24) is 0 Å². The van der Waals surface area contributed by atoms with Crippen LogP contribution in [0, 0.1) is 5.92 Å². The predicted molar refractivity (Wildman–Crippen MR) is 68.9 cm³/mol. The number of primary amides is 1. The minimum absolute atomic E-state index is 0.0675. The van der Waals surface area contributed by atoms with Gasteiger partial charge in [-0.1, -0.05) is 31.9 Å². The van der Waals surface area contributed by atoms with Crippen molar-refractivity contribution in [2.75, 3.05) is 7.11 Å². The number of carbonyl (C=O) groups excluding carboxylic acids is 1. The highest BCUT2D eigenvalue weighted by atomic mass is 16.5. The molecule has 1 aromatic carbocycles. The van der Waals surface area contributed by atoms with Gasteiger partial charge in [0.05, 0.1) is 7.11 Å². The molecule has 0 radical (unpaired) electrons. The number of ether oxygens (including phenoxy) is 1. The summed E-state index contributed by atoms with van der Waals surface area (Å²) in [6.45, 7) is 2.11. The van der Waals surface area contributed by atoms with Gasteiger partial charge in [-0.25, -0.2) is 0 Å². The third kappa shape index (κ3) is 4.47. The molecule has 0 heterocycles. The van der Waals surface area contributed by atoms with E-state index >= 15 is 0 Å². The topological polar surface area (TPSA) is 52.3 Å². The fourth-order valence-electron chi connectivity index (χ4n) is 1.88. The van der Waals surface area contributed by atoms with Crippen molar-refractivity contribution < 1.29 is 9.53 Å². The fraction of sp³-hybridized carbons (Fsp3) is 0.500. The highest BCUT2D eigenvalue weighted by molar-refractivity contribution is 5.76. The number of carbonyl (C=O) groups is 1. The van der Waals surface area contributed by atoms with Crippen LogP contribution in [0.5, 0.6) is 5.75 Å². The van der Waals surface area contributed by atoms with Gasteiger partial charge >= 0.3 is 0 Å².